The van der Waals surface area contributed by atoms with Gasteiger partial charge in [0, 0.05) is 11.3 Å². The molecule has 0 aromatic heterocycles. The number of aryl methyl sites for hydroxylation is 1. The predicted molar refractivity (Wildman–Crippen MR) is 112 cm³/mol. The number of amides is 1. The molecule has 0 heterocycles. The highest BCUT2D eigenvalue weighted by Crippen LogP contribution is 2.21. The van der Waals surface area contributed by atoms with Crippen LogP contribution >= 0.6 is 0 Å². The van der Waals surface area contributed by atoms with Gasteiger partial charge in [-0.25, -0.2) is 9.18 Å². The molecule has 154 valence electrons. The summed E-state index contributed by atoms with van der Waals surface area (Å²) >= 11 is 0. The molecular weight excluding hydrogens is 385 g/mol. The van der Waals surface area contributed by atoms with E-state index >= 15 is 0 Å². The molecule has 0 fully saturated rings. The van der Waals surface area contributed by atoms with E-state index in [0.29, 0.717) is 17.0 Å². The highest BCUT2D eigenvalue weighted by atomic mass is 19.1. The molecule has 0 bridgehead atoms. The van der Waals surface area contributed by atoms with Crippen LogP contribution in [0.3, 0.4) is 0 Å². The van der Waals surface area contributed by atoms with Crippen LogP contribution in [0.15, 0.2) is 78.9 Å². The van der Waals surface area contributed by atoms with E-state index in [-0.39, 0.29) is 6.61 Å². The maximum Gasteiger partial charge on any atom is 0.345 e. The highest BCUT2D eigenvalue weighted by molar-refractivity contribution is 5.96. The normalized spacial score (nSPS) is 11.4. The van der Waals surface area contributed by atoms with Crippen molar-refractivity contribution in [3.05, 3.63) is 95.8 Å². The quantitative estimate of drug-likeness (QED) is 0.550. The molecule has 0 saturated carbocycles. The number of halogens is 1. The van der Waals surface area contributed by atoms with E-state index in [1.165, 1.54) is 24.3 Å². The van der Waals surface area contributed by atoms with E-state index in [2.05, 4.69) is 5.32 Å². The lowest BCUT2D eigenvalue weighted by Gasteiger charge is -2.18. The van der Waals surface area contributed by atoms with Crippen molar-refractivity contribution in [2.45, 2.75) is 19.4 Å². The fraction of sp³-hybridized carbons (Fsp3) is 0.167. The second-order valence-electron chi connectivity index (χ2n) is 6.56. The molecule has 0 saturated heterocycles. The lowest BCUT2D eigenvalue weighted by molar-refractivity contribution is -0.156. The molecule has 30 heavy (non-hydrogen) atoms. The fourth-order valence-electron chi connectivity index (χ4n) is 2.77. The lowest BCUT2D eigenvalue weighted by Crippen LogP contribution is -2.28. The van der Waals surface area contributed by atoms with E-state index < -0.39 is 23.8 Å². The fourth-order valence-corrected chi connectivity index (χ4v) is 2.77. The molecule has 0 aliphatic carbocycles. The summed E-state index contributed by atoms with van der Waals surface area (Å²) in [5, 5.41) is 2.64. The van der Waals surface area contributed by atoms with Gasteiger partial charge in [-0.15, -0.1) is 0 Å². The van der Waals surface area contributed by atoms with Crippen LogP contribution in [-0.2, 0) is 20.7 Å². The summed E-state index contributed by atoms with van der Waals surface area (Å²) in [6.07, 6.45) is -0.264. The van der Waals surface area contributed by atoms with E-state index in [0.717, 1.165) is 12.0 Å². The molecule has 0 unspecified atom stereocenters. The lowest BCUT2D eigenvalue weighted by atomic mass is 10.1. The van der Waals surface area contributed by atoms with Crippen molar-refractivity contribution in [3.8, 4) is 5.75 Å². The summed E-state index contributed by atoms with van der Waals surface area (Å²) in [6, 6.07) is 21.4. The van der Waals surface area contributed by atoms with Gasteiger partial charge in [-0.1, -0.05) is 49.4 Å². The molecule has 0 aliphatic rings. The summed E-state index contributed by atoms with van der Waals surface area (Å²) in [6.45, 7) is 1.71. The minimum absolute atomic E-state index is 0.335. The molecule has 6 heteroatoms. The summed E-state index contributed by atoms with van der Waals surface area (Å²) in [7, 11) is 0. The zero-order chi connectivity index (χ0) is 21.3. The van der Waals surface area contributed by atoms with E-state index in [9.17, 15) is 14.0 Å². The molecule has 0 radical (unpaired) electrons. The summed E-state index contributed by atoms with van der Waals surface area (Å²) < 4.78 is 24.0. The van der Waals surface area contributed by atoms with Crippen molar-refractivity contribution in [2.24, 2.45) is 0 Å². The Morgan fingerprint density at radius 2 is 1.60 bits per heavy atom. The van der Waals surface area contributed by atoms with Crippen molar-refractivity contribution in [1.29, 1.82) is 0 Å². The molecule has 3 aromatic rings. The first kappa shape index (κ1) is 21.0. The topological polar surface area (TPSA) is 64.6 Å². The predicted octanol–water partition coefficient (Wildman–Crippen LogP) is 4.69. The second kappa shape index (κ2) is 10.2. The van der Waals surface area contributed by atoms with Crippen LogP contribution in [0.5, 0.6) is 5.75 Å². The van der Waals surface area contributed by atoms with Crippen LogP contribution in [0.4, 0.5) is 10.1 Å². The van der Waals surface area contributed by atoms with Crippen LogP contribution in [0.2, 0.25) is 0 Å². The number of anilines is 1. The van der Waals surface area contributed by atoms with Crippen LogP contribution < -0.4 is 10.1 Å². The first-order chi connectivity index (χ1) is 14.5. The SMILES string of the molecule is CCc1ccc(OCC(=O)O[C@H](C(=O)Nc2ccc(F)cc2)c2ccccc2)cc1. The summed E-state index contributed by atoms with van der Waals surface area (Å²) in [5.41, 5.74) is 2.06. The van der Waals surface area contributed by atoms with Gasteiger partial charge in [-0.05, 0) is 48.4 Å². The number of benzene rings is 3. The Labute approximate surface area is 174 Å². The van der Waals surface area contributed by atoms with Crippen molar-refractivity contribution in [3.63, 3.8) is 0 Å². The number of carbonyl (C=O) groups is 2. The van der Waals surface area contributed by atoms with Crippen molar-refractivity contribution in [1.82, 2.24) is 0 Å². The molecule has 3 rings (SSSR count). The van der Waals surface area contributed by atoms with Gasteiger partial charge in [-0.2, -0.15) is 0 Å². The number of carbonyl (C=O) groups excluding carboxylic acids is 2. The zero-order valence-corrected chi connectivity index (χ0v) is 16.5. The smallest absolute Gasteiger partial charge is 0.345 e. The van der Waals surface area contributed by atoms with Gasteiger partial charge in [0.2, 0.25) is 6.10 Å². The summed E-state index contributed by atoms with van der Waals surface area (Å²) in [4.78, 5) is 25.1. The van der Waals surface area contributed by atoms with Crippen LogP contribution in [-0.4, -0.2) is 18.5 Å². The van der Waals surface area contributed by atoms with Gasteiger partial charge < -0.3 is 14.8 Å². The number of ether oxygens (including phenoxy) is 2. The Balaban J connectivity index is 1.66. The van der Waals surface area contributed by atoms with Gasteiger partial charge in [0.05, 0.1) is 0 Å². The highest BCUT2D eigenvalue weighted by Gasteiger charge is 2.25. The van der Waals surface area contributed by atoms with Crippen molar-refractivity contribution < 1.29 is 23.5 Å². The molecule has 1 atom stereocenters. The Bertz CT molecular complexity index is 972. The van der Waals surface area contributed by atoms with Gasteiger partial charge in [0.25, 0.3) is 5.91 Å². The van der Waals surface area contributed by atoms with E-state index in [1.807, 2.05) is 19.1 Å². The van der Waals surface area contributed by atoms with Gasteiger partial charge >= 0.3 is 5.97 Å². The Hall–Kier alpha value is -3.67. The third-order valence-corrected chi connectivity index (χ3v) is 4.39. The van der Waals surface area contributed by atoms with Crippen LogP contribution in [0.25, 0.3) is 0 Å². The Morgan fingerprint density at radius 1 is 0.933 bits per heavy atom. The number of esters is 1. The average Bonchev–Trinajstić information content (AvgIpc) is 2.78. The minimum Gasteiger partial charge on any atom is -0.482 e. The van der Waals surface area contributed by atoms with Crippen molar-refractivity contribution in [2.75, 3.05) is 11.9 Å². The number of hydrogen-bond donors (Lipinski definition) is 1. The first-order valence-electron chi connectivity index (χ1n) is 9.57. The van der Waals surface area contributed by atoms with Crippen LogP contribution in [0, 0.1) is 5.82 Å². The largest absolute Gasteiger partial charge is 0.482 e. The van der Waals surface area contributed by atoms with E-state index in [1.54, 1.807) is 42.5 Å². The molecule has 3 aromatic carbocycles. The minimum atomic E-state index is -1.17. The molecule has 5 nitrogen and oxygen atoms in total. The van der Waals surface area contributed by atoms with Gasteiger partial charge in [0.1, 0.15) is 11.6 Å². The van der Waals surface area contributed by atoms with E-state index in [4.69, 9.17) is 9.47 Å². The third-order valence-electron chi connectivity index (χ3n) is 4.39. The van der Waals surface area contributed by atoms with Crippen LogP contribution in [0.1, 0.15) is 24.2 Å². The number of rotatable bonds is 8. The zero-order valence-electron chi connectivity index (χ0n) is 16.5. The second-order valence-corrected chi connectivity index (χ2v) is 6.56. The molecule has 0 spiro atoms. The number of nitrogens with one attached hydrogen (secondary N) is 1. The molecule has 1 N–H and O–H groups in total. The Kier molecular flexibility index (Phi) is 7.16. The third kappa shape index (κ3) is 5.91. The first-order valence-corrected chi connectivity index (χ1v) is 9.57. The number of hydrogen-bond acceptors (Lipinski definition) is 4. The maximum atomic E-state index is 13.1. The standard InChI is InChI=1S/C24H22FNO4/c1-2-17-8-14-21(15-9-17)29-16-22(27)30-23(18-6-4-3-5-7-18)24(28)26-20-12-10-19(25)11-13-20/h3-15,23H,2,16H2,1H3,(H,26,28)/t23-/m0/s1. The monoisotopic (exact) mass is 407 g/mol. The summed E-state index contributed by atoms with van der Waals surface area (Å²) in [5.74, 6) is -1.11. The van der Waals surface area contributed by atoms with Crippen molar-refractivity contribution >= 4 is 17.6 Å². The van der Waals surface area contributed by atoms with Gasteiger partial charge in [-0.3, -0.25) is 4.79 Å². The Morgan fingerprint density at radius 3 is 2.23 bits per heavy atom. The molecule has 1 amide bonds. The van der Waals surface area contributed by atoms with Gasteiger partial charge in [0.15, 0.2) is 6.61 Å². The average molecular weight is 407 g/mol. The molecule has 0 aliphatic heterocycles. The maximum absolute atomic E-state index is 13.1. The molecular formula is C24H22FNO4.